The van der Waals surface area contributed by atoms with E-state index in [1.165, 1.54) is 0 Å². The topological polar surface area (TPSA) is 38.3 Å². The number of rotatable bonds is 3. The van der Waals surface area contributed by atoms with Gasteiger partial charge in [-0.25, -0.2) is 4.79 Å². The van der Waals surface area contributed by atoms with E-state index in [9.17, 15) is 4.79 Å². The molecule has 0 saturated carbocycles. The van der Waals surface area contributed by atoms with E-state index in [0.717, 1.165) is 0 Å². The minimum Gasteiger partial charge on any atom is -0.446 e. The van der Waals surface area contributed by atoms with Crippen molar-refractivity contribution in [3.8, 4) is 0 Å². The van der Waals surface area contributed by atoms with Gasteiger partial charge in [-0.1, -0.05) is 25.1 Å². The zero-order chi connectivity index (χ0) is 11.3. The molecule has 0 aliphatic heterocycles. The molecule has 2 atom stereocenters. The second-order valence-electron chi connectivity index (χ2n) is 2.93. The van der Waals surface area contributed by atoms with E-state index >= 15 is 0 Å². The third kappa shape index (κ3) is 3.47. The molecule has 1 aromatic carbocycles. The number of carbonyl (C=O) groups is 1. The summed E-state index contributed by atoms with van der Waals surface area (Å²) in [5, 5.41) is 2.58. The Balaban J connectivity index is 2.43. The van der Waals surface area contributed by atoms with Crippen molar-refractivity contribution >= 4 is 11.8 Å². The fraction of sp³-hybridized carbons (Fsp3) is 0.364. The van der Waals surface area contributed by atoms with Crippen molar-refractivity contribution in [3.05, 3.63) is 30.3 Å². The first-order chi connectivity index (χ1) is 7.09. The normalized spacial score (nSPS) is 15.1. The van der Waals surface area contributed by atoms with E-state index in [-0.39, 0.29) is 0 Å². The Bertz CT molecular complexity index is 314. The van der Waals surface area contributed by atoms with Crippen molar-refractivity contribution in [3.63, 3.8) is 0 Å². The van der Waals surface area contributed by atoms with Crippen LogP contribution in [0.1, 0.15) is 21.6 Å². The molecule has 0 bridgehead atoms. The third-order valence-electron chi connectivity index (χ3n) is 1.78. The lowest BCUT2D eigenvalue weighted by molar-refractivity contribution is 0.118. The first-order valence-electron chi connectivity index (χ1n) is 5.12. The maximum Gasteiger partial charge on any atom is 0.411 e. The Morgan fingerprint density at radius 2 is 2.21 bits per heavy atom. The quantitative estimate of drug-likeness (QED) is 0.803. The Morgan fingerprint density at radius 3 is 2.79 bits per heavy atom. The number of ether oxygens (including phenoxy) is 1. The second kappa shape index (κ2) is 5.27. The first-order valence-corrected chi connectivity index (χ1v) is 4.54. The number of carbonyl (C=O) groups excluding carboxylic acids is 1. The number of anilines is 1. The number of para-hydroxylation sites is 1. The molecule has 14 heavy (non-hydrogen) atoms. The van der Waals surface area contributed by atoms with Gasteiger partial charge in [-0.05, 0) is 25.5 Å². The number of amides is 1. The zero-order valence-electron chi connectivity index (χ0n) is 9.36. The van der Waals surface area contributed by atoms with Gasteiger partial charge in [0.25, 0.3) is 0 Å². The minimum absolute atomic E-state index is 0.409. The summed E-state index contributed by atoms with van der Waals surface area (Å²) in [7, 11) is 0. The second-order valence-corrected chi connectivity index (χ2v) is 2.93. The summed E-state index contributed by atoms with van der Waals surface area (Å²) in [4.78, 5) is 11.3. The molecule has 1 N–H and O–H groups in total. The van der Waals surface area contributed by atoms with Gasteiger partial charge in [-0.3, -0.25) is 5.32 Å². The Labute approximate surface area is 85.5 Å². The monoisotopic (exact) mass is 194 g/mol. The van der Waals surface area contributed by atoms with Gasteiger partial charge in [0.1, 0.15) is 6.10 Å². The molecule has 1 aromatic rings. The molecule has 3 heteroatoms. The van der Waals surface area contributed by atoms with Crippen LogP contribution in [0.25, 0.3) is 0 Å². The third-order valence-corrected chi connectivity index (χ3v) is 1.78. The highest BCUT2D eigenvalue weighted by Gasteiger charge is 2.06. The van der Waals surface area contributed by atoms with Crippen molar-refractivity contribution in [2.45, 2.75) is 26.3 Å². The molecule has 0 unspecified atom stereocenters. The fourth-order valence-electron chi connectivity index (χ4n) is 0.906. The van der Waals surface area contributed by atoms with Gasteiger partial charge < -0.3 is 4.74 Å². The average molecular weight is 194 g/mol. The van der Waals surface area contributed by atoms with E-state index in [0.29, 0.717) is 5.69 Å². The van der Waals surface area contributed by atoms with Gasteiger partial charge in [0.05, 0.1) is 0 Å². The molecule has 3 nitrogen and oxygen atoms in total. The largest absolute Gasteiger partial charge is 0.446 e. The molecule has 0 spiro atoms. The smallest absolute Gasteiger partial charge is 0.411 e. The van der Waals surface area contributed by atoms with Gasteiger partial charge in [0, 0.05) is 7.06 Å². The summed E-state index contributed by atoms with van der Waals surface area (Å²) < 4.78 is 12.3. The van der Waals surface area contributed by atoms with Gasteiger partial charge in [-0.2, -0.15) is 0 Å². The zero-order valence-corrected chi connectivity index (χ0v) is 8.36. The number of benzene rings is 1. The van der Waals surface area contributed by atoms with Crippen molar-refractivity contribution in [1.29, 1.82) is 0 Å². The molecule has 76 valence electrons. The molecular weight excluding hydrogens is 178 g/mol. The summed E-state index contributed by atoms with van der Waals surface area (Å²) in [5.74, 6) is 0. The lowest BCUT2D eigenvalue weighted by atomic mass is 10.3. The molecule has 0 heterocycles. The van der Waals surface area contributed by atoms with Crippen LogP contribution in [0.3, 0.4) is 0 Å². The van der Waals surface area contributed by atoms with Crippen LogP contribution in [-0.2, 0) is 4.74 Å². The lowest BCUT2D eigenvalue weighted by Gasteiger charge is -2.11. The van der Waals surface area contributed by atoms with Gasteiger partial charge >= 0.3 is 6.09 Å². The number of hydrogen-bond donors (Lipinski definition) is 1. The van der Waals surface area contributed by atoms with E-state index in [1.807, 2.05) is 18.2 Å². The molecule has 0 aliphatic rings. The van der Waals surface area contributed by atoms with Crippen LogP contribution >= 0.6 is 0 Å². The van der Waals surface area contributed by atoms with E-state index < -0.39 is 18.6 Å². The summed E-state index contributed by atoms with van der Waals surface area (Å²) in [6.45, 7) is 3.38. The molecule has 1 rings (SSSR count). The summed E-state index contributed by atoms with van der Waals surface area (Å²) >= 11 is 0. The van der Waals surface area contributed by atoms with Crippen LogP contribution in [0, 0.1) is 0 Å². The first kappa shape index (κ1) is 9.06. The molecule has 1 amide bonds. The predicted molar refractivity (Wildman–Crippen MR) is 56.3 cm³/mol. The SMILES string of the molecule is [2H][C@@H](C)[C@@H](C)OC(=O)Nc1ccccc1. The van der Waals surface area contributed by atoms with Gasteiger partial charge in [-0.15, -0.1) is 0 Å². The number of nitrogens with one attached hydrogen (secondary N) is 1. The predicted octanol–water partition coefficient (Wildman–Crippen LogP) is 3.03. The van der Waals surface area contributed by atoms with Crippen molar-refractivity contribution < 1.29 is 10.9 Å². The van der Waals surface area contributed by atoms with E-state index in [2.05, 4.69) is 5.32 Å². The highest BCUT2D eigenvalue weighted by atomic mass is 16.6. The van der Waals surface area contributed by atoms with Crippen LogP contribution in [0.15, 0.2) is 30.3 Å². The molecule has 0 saturated heterocycles. The Morgan fingerprint density at radius 1 is 1.57 bits per heavy atom. The molecule has 0 aromatic heterocycles. The summed E-state index contributed by atoms with van der Waals surface area (Å²) in [5.41, 5.74) is 0.687. The number of hydrogen-bond acceptors (Lipinski definition) is 2. The summed E-state index contributed by atoms with van der Waals surface area (Å²) in [6.07, 6.45) is -1.35. The molecular formula is C11H15NO2. The average Bonchev–Trinajstić information content (AvgIpc) is 2.18. The van der Waals surface area contributed by atoms with Crippen molar-refractivity contribution in [2.24, 2.45) is 0 Å². The molecule has 0 fully saturated rings. The van der Waals surface area contributed by atoms with Crippen LogP contribution in [0.4, 0.5) is 10.5 Å². The Kier molecular flexibility index (Phi) is 3.41. The molecule has 0 aliphatic carbocycles. The van der Waals surface area contributed by atoms with Crippen LogP contribution < -0.4 is 5.32 Å². The fourth-order valence-corrected chi connectivity index (χ4v) is 0.906. The highest BCUT2D eigenvalue weighted by Crippen LogP contribution is 2.06. The maximum absolute atomic E-state index is 11.3. The Hall–Kier alpha value is -1.51. The van der Waals surface area contributed by atoms with Crippen LogP contribution in [0.5, 0.6) is 0 Å². The van der Waals surface area contributed by atoms with Crippen molar-refractivity contribution in [2.75, 3.05) is 5.32 Å². The summed E-state index contributed by atoms with van der Waals surface area (Å²) in [6, 6.07) is 9.06. The van der Waals surface area contributed by atoms with Gasteiger partial charge in [0.2, 0.25) is 0 Å². The minimum atomic E-state index is -0.521. The lowest BCUT2D eigenvalue weighted by Crippen LogP contribution is -2.19. The highest BCUT2D eigenvalue weighted by molar-refractivity contribution is 5.84. The maximum atomic E-state index is 11.3. The van der Waals surface area contributed by atoms with E-state index in [1.54, 1.807) is 26.0 Å². The van der Waals surface area contributed by atoms with E-state index in [4.69, 9.17) is 6.11 Å². The standard InChI is InChI=1S/C11H15NO2/c1-3-9(2)14-11(13)12-10-7-5-4-6-8-10/h4-9H,3H2,1-2H3,(H,12,13)/t9-/m1/s1/i3D/t3-,9+/m0. The van der Waals surface area contributed by atoms with Gasteiger partial charge in [0.15, 0.2) is 0 Å². The molecule has 0 radical (unpaired) electrons. The van der Waals surface area contributed by atoms with Crippen LogP contribution in [0.2, 0.25) is 0 Å². The van der Waals surface area contributed by atoms with Crippen LogP contribution in [-0.4, -0.2) is 12.2 Å². The van der Waals surface area contributed by atoms with Crippen molar-refractivity contribution in [1.82, 2.24) is 0 Å².